The zero-order valence-corrected chi connectivity index (χ0v) is 13.2. The lowest BCUT2D eigenvalue weighted by Gasteiger charge is -2.11. The molecule has 0 fully saturated rings. The topological polar surface area (TPSA) is 91.5 Å². The summed E-state index contributed by atoms with van der Waals surface area (Å²) in [7, 11) is 1.78. The SMILES string of the molecule is C/C=C\N(C)/C=C(\CO)C(=O)Nc1nsc2ccc(N)cc12. The van der Waals surface area contributed by atoms with Crippen LogP contribution < -0.4 is 11.1 Å². The molecule has 0 saturated carbocycles. The molecule has 0 unspecified atom stereocenters. The number of carbonyl (C=O) groups is 1. The van der Waals surface area contributed by atoms with Gasteiger partial charge in [-0.05, 0) is 42.9 Å². The first-order chi connectivity index (χ1) is 10.5. The Labute approximate surface area is 132 Å². The molecule has 116 valence electrons. The number of nitrogens with two attached hydrogens (primary N) is 1. The average molecular weight is 318 g/mol. The molecule has 1 aromatic heterocycles. The normalized spacial score (nSPS) is 12.0. The van der Waals surface area contributed by atoms with Gasteiger partial charge in [0.25, 0.3) is 5.91 Å². The first-order valence-electron chi connectivity index (χ1n) is 6.67. The van der Waals surface area contributed by atoms with Gasteiger partial charge in [-0.1, -0.05) is 6.08 Å². The number of nitrogens with one attached hydrogen (secondary N) is 1. The van der Waals surface area contributed by atoms with E-state index in [1.165, 1.54) is 11.5 Å². The van der Waals surface area contributed by atoms with E-state index in [9.17, 15) is 9.90 Å². The van der Waals surface area contributed by atoms with Crippen molar-refractivity contribution >= 4 is 39.0 Å². The molecule has 2 rings (SSSR count). The molecule has 0 atom stereocenters. The second kappa shape index (κ2) is 7.06. The van der Waals surface area contributed by atoms with Gasteiger partial charge in [-0.25, -0.2) is 0 Å². The number of hydrogen-bond acceptors (Lipinski definition) is 6. The van der Waals surface area contributed by atoms with Gasteiger partial charge in [-0.3, -0.25) is 4.79 Å². The summed E-state index contributed by atoms with van der Waals surface area (Å²) < 4.78 is 5.16. The maximum absolute atomic E-state index is 12.3. The number of aliphatic hydroxyl groups is 1. The third-order valence-corrected chi connectivity index (χ3v) is 3.76. The van der Waals surface area contributed by atoms with E-state index >= 15 is 0 Å². The van der Waals surface area contributed by atoms with Crippen LogP contribution in [0.2, 0.25) is 0 Å². The average Bonchev–Trinajstić information content (AvgIpc) is 2.87. The molecule has 4 N–H and O–H groups in total. The number of allylic oxidation sites excluding steroid dienone is 1. The molecule has 0 radical (unpaired) electrons. The maximum Gasteiger partial charge on any atom is 0.256 e. The lowest BCUT2D eigenvalue weighted by Crippen LogP contribution is -2.19. The molecule has 0 aliphatic heterocycles. The number of nitrogen functional groups attached to an aromatic ring is 1. The smallest absolute Gasteiger partial charge is 0.256 e. The van der Waals surface area contributed by atoms with Crippen LogP contribution in [0.1, 0.15) is 6.92 Å². The second-order valence-corrected chi connectivity index (χ2v) is 5.51. The number of carbonyl (C=O) groups excluding carboxylic acids is 1. The quantitative estimate of drug-likeness (QED) is 0.580. The van der Waals surface area contributed by atoms with Gasteiger partial charge in [-0.2, -0.15) is 4.37 Å². The Hall–Kier alpha value is -2.38. The molecule has 2 aromatic rings. The molecular weight excluding hydrogens is 300 g/mol. The number of aromatic nitrogens is 1. The molecule has 0 bridgehead atoms. The van der Waals surface area contributed by atoms with Crippen LogP contribution in [0.4, 0.5) is 11.5 Å². The number of benzene rings is 1. The molecular formula is C15H18N4O2S. The number of hydrogen-bond donors (Lipinski definition) is 3. The highest BCUT2D eigenvalue weighted by molar-refractivity contribution is 7.13. The summed E-state index contributed by atoms with van der Waals surface area (Å²) in [6.45, 7) is 1.51. The minimum Gasteiger partial charge on any atom is -0.399 e. The fraction of sp³-hybridized carbons (Fsp3) is 0.200. The fourth-order valence-electron chi connectivity index (χ4n) is 1.93. The number of rotatable bonds is 5. The van der Waals surface area contributed by atoms with Crippen molar-refractivity contribution < 1.29 is 9.90 Å². The van der Waals surface area contributed by atoms with E-state index in [2.05, 4.69) is 9.69 Å². The number of fused-ring (bicyclic) bond motifs is 1. The molecule has 0 saturated heterocycles. The first kappa shape index (κ1) is 16.0. The Morgan fingerprint density at radius 3 is 3.00 bits per heavy atom. The summed E-state index contributed by atoms with van der Waals surface area (Å²) in [6, 6.07) is 5.42. The van der Waals surface area contributed by atoms with Crippen LogP contribution in [0.15, 0.2) is 42.2 Å². The van der Waals surface area contributed by atoms with Gasteiger partial charge in [0.15, 0.2) is 5.82 Å². The highest BCUT2D eigenvalue weighted by Crippen LogP contribution is 2.28. The van der Waals surface area contributed by atoms with E-state index in [1.54, 1.807) is 36.5 Å². The summed E-state index contributed by atoms with van der Waals surface area (Å²) in [6.07, 6.45) is 5.18. The zero-order chi connectivity index (χ0) is 16.1. The number of amides is 1. The van der Waals surface area contributed by atoms with Crippen molar-refractivity contribution in [3.05, 3.63) is 42.2 Å². The van der Waals surface area contributed by atoms with Crippen molar-refractivity contribution in [1.82, 2.24) is 9.27 Å². The molecule has 1 amide bonds. The largest absolute Gasteiger partial charge is 0.399 e. The van der Waals surface area contributed by atoms with Crippen molar-refractivity contribution in [2.24, 2.45) is 0 Å². The Morgan fingerprint density at radius 2 is 2.32 bits per heavy atom. The lowest BCUT2D eigenvalue weighted by atomic mass is 10.2. The Balaban J connectivity index is 2.24. The summed E-state index contributed by atoms with van der Waals surface area (Å²) in [5, 5.41) is 12.9. The van der Waals surface area contributed by atoms with Gasteiger partial charge in [0.2, 0.25) is 0 Å². The van der Waals surface area contributed by atoms with Crippen molar-refractivity contribution in [3.8, 4) is 0 Å². The molecule has 0 aliphatic carbocycles. The summed E-state index contributed by atoms with van der Waals surface area (Å²) in [4.78, 5) is 13.9. The van der Waals surface area contributed by atoms with Gasteiger partial charge in [0.05, 0.1) is 16.9 Å². The van der Waals surface area contributed by atoms with Gasteiger partial charge in [0.1, 0.15) is 0 Å². The standard InChI is InChI=1S/C15H18N4O2S/c1-3-6-19(2)8-10(9-20)15(21)17-14-12-7-11(16)4-5-13(12)22-18-14/h3-8,20H,9,16H2,1-2H3,(H,17,18,21)/b6-3-,10-8+. The molecule has 22 heavy (non-hydrogen) atoms. The van der Waals surface area contributed by atoms with E-state index in [1.807, 2.05) is 19.1 Å². The lowest BCUT2D eigenvalue weighted by molar-refractivity contribution is -0.113. The number of anilines is 2. The Kier molecular flexibility index (Phi) is 5.13. The van der Waals surface area contributed by atoms with E-state index < -0.39 is 5.91 Å². The van der Waals surface area contributed by atoms with E-state index in [4.69, 9.17) is 5.73 Å². The van der Waals surface area contributed by atoms with Crippen molar-refractivity contribution in [3.63, 3.8) is 0 Å². The van der Waals surface area contributed by atoms with Crippen molar-refractivity contribution in [1.29, 1.82) is 0 Å². The minimum absolute atomic E-state index is 0.241. The van der Waals surface area contributed by atoms with E-state index in [-0.39, 0.29) is 12.2 Å². The zero-order valence-electron chi connectivity index (χ0n) is 12.4. The van der Waals surface area contributed by atoms with Gasteiger partial charge in [0, 0.05) is 24.3 Å². The van der Waals surface area contributed by atoms with Crippen LogP contribution in [0.3, 0.4) is 0 Å². The van der Waals surface area contributed by atoms with Crippen LogP contribution in [0.25, 0.3) is 10.1 Å². The molecule has 1 aromatic carbocycles. The van der Waals surface area contributed by atoms with Gasteiger partial charge < -0.3 is 21.1 Å². The number of aliphatic hydroxyl groups excluding tert-OH is 1. The predicted molar refractivity (Wildman–Crippen MR) is 90.4 cm³/mol. The second-order valence-electron chi connectivity index (χ2n) is 4.70. The third kappa shape index (κ3) is 3.63. The van der Waals surface area contributed by atoms with Crippen LogP contribution in [0.5, 0.6) is 0 Å². The van der Waals surface area contributed by atoms with Gasteiger partial charge >= 0.3 is 0 Å². The summed E-state index contributed by atoms with van der Waals surface area (Å²) in [5.41, 5.74) is 6.61. The van der Waals surface area contributed by atoms with Gasteiger partial charge in [-0.15, -0.1) is 0 Å². The Bertz CT molecular complexity index is 736. The van der Waals surface area contributed by atoms with Crippen LogP contribution in [-0.2, 0) is 4.79 Å². The van der Waals surface area contributed by atoms with Crippen LogP contribution in [0, 0.1) is 0 Å². The predicted octanol–water partition coefficient (Wildman–Crippen LogP) is 2.16. The molecule has 0 aliphatic rings. The number of nitrogens with zero attached hydrogens (tertiary/aromatic N) is 2. The highest BCUT2D eigenvalue weighted by atomic mass is 32.1. The maximum atomic E-state index is 12.3. The first-order valence-corrected chi connectivity index (χ1v) is 7.45. The van der Waals surface area contributed by atoms with E-state index in [0.29, 0.717) is 11.5 Å². The van der Waals surface area contributed by atoms with Crippen LogP contribution >= 0.6 is 11.5 Å². The minimum atomic E-state index is -0.395. The summed E-state index contributed by atoms with van der Waals surface area (Å²) in [5.74, 6) is 0.0545. The van der Waals surface area contributed by atoms with Crippen molar-refractivity contribution in [2.45, 2.75) is 6.92 Å². The molecule has 6 nitrogen and oxygen atoms in total. The monoisotopic (exact) mass is 318 g/mol. The fourth-order valence-corrected chi connectivity index (χ4v) is 2.65. The molecule has 0 spiro atoms. The third-order valence-electron chi connectivity index (χ3n) is 2.93. The highest BCUT2D eigenvalue weighted by Gasteiger charge is 2.14. The Morgan fingerprint density at radius 1 is 1.55 bits per heavy atom. The van der Waals surface area contributed by atoms with E-state index in [0.717, 1.165) is 10.1 Å². The van der Waals surface area contributed by atoms with Crippen molar-refractivity contribution in [2.75, 3.05) is 24.7 Å². The summed E-state index contributed by atoms with van der Waals surface area (Å²) >= 11 is 1.28. The van der Waals surface area contributed by atoms with Crippen LogP contribution in [-0.4, -0.2) is 33.9 Å². The molecule has 1 heterocycles. The molecule has 7 heteroatoms.